The molecule has 0 aliphatic heterocycles. The van der Waals surface area contributed by atoms with E-state index in [2.05, 4.69) is 25.0 Å². The lowest BCUT2D eigenvalue weighted by molar-refractivity contribution is -0.134. The van der Waals surface area contributed by atoms with Gasteiger partial charge in [-0.2, -0.15) is 0 Å². The van der Waals surface area contributed by atoms with Crippen molar-refractivity contribution in [2.45, 2.75) is 4.90 Å². The Balaban J connectivity index is 1.96. The highest BCUT2D eigenvalue weighted by molar-refractivity contribution is 7.92. The minimum atomic E-state index is -4.07. The van der Waals surface area contributed by atoms with E-state index in [-0.39, 0.29) is 16.4 Å². The Bertz CT molecular complexity index is 1190. The molecule has 1 heterocycles. The summed E-state index contributed by atoms with van der Waals surface area (Å²) in [7, 11) is -0.115. The van der Waals surface area contributed by atoms with Crippen LogP contribution in [-0.4, -0.2) is 55.9 Å². The molecule has 0 radical (unpaired) electrons. The minimum absolute atomic E-state index is 0.0236. The number of tetrazole rings is 1. The molecule has 3 aromatic rings. The number of hydrogen-bond donors (Lipinski definition) is 1. The topological polar surface area (TPSA) is 135 Å². The van der Waals surface area contributed by atoms with Crippen LogP contribution < -0.4 is 14.2 Å². The van der Waals surface area contributed by atoms with Crippen molar-refractivity contribution in [3.8, 4) is 17.2 Å². The van der Waals surface area contributed by atoms with Crippen LogP contribution >= 0.6 is 0 Å². The number of nitrogens with one attached hydrogen (secondary N) is 1. The fourth-order valence-corrected chi connectivity index (χ4v) is 3.93. The summed E-state index contributed by atoms with van der Waals surface area (Å²) in [5.74, 6) is -0.376. The van der Waals surface area contributed by atoms with Crippen LogP contribution in [0.15, 0.2) is 53.7 Å². The summed E-state index contributed by atoms with van der Waals surface area (Å²) in [6.45, 7) is 0. The summed E-state index contributed by atoms with van der Waals surface area (Å²) < 4.78 is 45.2. The van der Waals surface area contributed by atoms with Crippen LogP contribution in [0.3, 0.4) is 0 Å². The Morgan fingerprint density at radius 3 is 2.42 bits per heavy atom. The van der Waals surface area contributed by atoms with E-state index in [1.54, 1.807) is 24.3 Å². The number of sulfonamides is 1. The molecule has 0 fully saturated rings. The predicted molar refractivity (Wildman–Crippen MR) is 111 cm³/mol. The number of carbonyl (C=O) groups is 1. The lowest BCUT2D eigenvalue weighted by atomic mass is 10.2. The first-order chi connectivity index (χ1) is 14.9. The van der Waals surface area contributed by atoms with E-state index >= 15 is 0 Å². The number of rotatable bonds is 8. The van der Waals surface area contributed by atoms with E-state index in [1.807, 2.05) is 0 Å². The molecule has 0 amide bonds. The molecule has 0 atom stereocenters. The maximum atomic E-state index is 13.1. The van der Waals surface area contributed by atoms with Gasteiger partial charge in [0, 0.05) is 11.8 Å². The standard InChI is InChI=1S/C19H19N5O6S/c1-28-16-10-13(4-9-18(25)29-2)11-17(19(16)30-3)31(26,27)21-14-5-7-15(8-6-14)24-12-20-22-23-24/h4-12,21H,1-3H3. The number of carbonyl (C=O) groups excluding carboxylic acids is 1. The number of hydrogen-bond acceptors (Lipinski definition) is 9. The molecule has 31 heavy (non-hydrogen) atoms. The summed E-state index contributed by atoms with van der Waals surface area (Å²) in [5, 5.41) is 10.9. The van der Waals surface area contributed by atoms with Gasteiger partial charge in [0.2, 0.25) is 0 Å². The quantitative estimate of drug-likeness (QED) is 0.406. The molecule has 1 N–H and O–H groups in total. The summed E-state index contributed by atoms with van der Waals surface area (Å²) in [6.07, 6.45) is 4.00. The molecule has 0 unspecified atom stereocenters. The molecule has 0 aliphatic rings. The Morgan fingerprint density at radius 1 is 1.10 bits per heavy atom. The van der Waals surface area contributed by atoms with Gasteiger partial charge >= 0.3 is 5.97 Å². The lowest BCUT2D eigenvalue weighted by Gasteiger charge is -2.15. The van der Waals surface area contributed by atoms with Crippen LogP contribution in [0.1, 0.15) is 5.56 Å². The number of anilines is 1. The molecule has 1 aromatic heterocycles. The Hall–Kier alpha value is -3.93. The number of methoxy groups -OCH3 is 3. The molecular formula is C19H19N5O6S. The van der Waals surface area contributed by atoms with Gasteiger partial charge in [-0.15, -0.1) is 5.10 Å². The Morgan fingerprint density at radius 2 is 1.84 bits per heavy atom. The van der Waals surface area contributed by atoms with Crippen molar-refractivity contribution in [3.63, 3.8) is 0 Å². The predicted octanol–water partition coefficient (Wildman–Crippen LogP) is 1.67. The third-order valence-electron chi connectivity index (χ3n) is 4.10. The largest absolute Gasteiger partial charge is 0.493 e. The van der Waals surface area contributed by atoms with Crippen molar-refractivity contribution in [1.29, 1.82) is 0 Å². The number of benzene rings is 2. The van der Waals surface area contributed by atoms with E-state index in [9.17, 15) is 13.2 Å². The zero-order chi connectivity index (χ0) is 22.4. The first kappa shape index (κ1) is 21.8. The minimum Gasteiger partial charge on any atom is -0.493 e. The molecule has 3 rings (SSSR count). The Labute approximate surface area is 178 Å². The second kappa shape index (κ2) is 9.26. The zero-order valence-corrected chi connectivity index (χ0v) is 17.7. The van der Waals surface area contributed by atoms with E-state index < -0.39 is 16.0 Å². The lowest BCUT2D eigenvalue weighted by Crippen LogP contribution is -2.15. The number of aromatic nitrogens is 4. The van der Waals surface area contributed by atoms with Gasteiger partial charge in [-0.1, -0.05) is 0 Å². The highest BCUT2D eigenvalue weighted by Gasteiger charge is 2.24. The maximum Gasteiger partial charge on any atom is 0.330 e. The second-order valence-electron chi connectivity index (χ2n) is 6.02. The van der Waals surface area contributed by atoms with E-state index in [1.165, 1.54) is 56.6 Å². The molecule has 0 saturated carbocycles. The van der Waals surface area contributed by atoms with E-state index in [0.29, 0.717) is 16.9 Å². The first-order valence-electron chi connectivity index (χ1n) is 8.76. The average molecular weight is 445 g/mol. The van der Waals surface area contributed by atoms with Crippen molar-refractivity contribution in [2.24, 2.45) is 0 Å². The first-order valence-corrected chi connectivity index (χ1v) is 10.2. The highest BCUT2D eigenvalue weighted by atomic mass is 32.2. The Kier molecular flexibility index (Phi) is 6.50. The highest BCUT2D eigenvalue weighted by Crippen LogP contribution is 2.37. The molecule has 0 spiro atoms. The smallest absolute Gasteiger partial charge is 0.330 e. The van der Waals surface area contributed by atoms with Gasteiger partial charge in [0.25, 0.3) is 10.0 Å². The normalized spacial score (nSPS) is 11.3. The third kappa shape index (κ3) is 4.98. The van der Waals surface area contributed by atoms with Gasteiger partial charge in [0.15, 0.2) is 11.5 Å². The van der Waals surface area contributed by atoms with Crippen LogP contribution in [0.2, 0.25) is 0 Å². The van der Waals surface area contributed by atoms with Gasteiger partial charge in [-0.05, 0) is 58.5 Å². The van der Waals surface area contributed by atoms with Gasteiger partial charge in [0.1, 0.15) is 11.2 Å². The van der Waals surface area contributed by atoms with Crippen molar-refractivity contribution >= 4 is 27.8 Å². The molecule has 0 aliphatic carbocycles. The van der Waals surface area contributed by atoms with Crippen LogP contribution in [0.4, 0.5) is 5.69 Å². The van der Waals surface area contributed by atoms with Crippen LogP contribution in [0, 0.1) is 0 Å². The van der Waals surface area contributed by atoms with Crippen LogP contribution in [-0.2, 0) is 19.6 Å². The number of esters is 1. The van der Waals surface area contributed by atoms with Crippen LogP contribution in [0.5, 0.6) is 11.5 Å². The molecule has 0 saturated heterocycles. The number of nitrogens with zero attached hydrogens (tertiary/aromatic N) is 4. The van der Waals surface area contributed by atoms with Crippen molar-refractivity contribution in [1.82, 2.24) is 20.2 Å². The monoisotopic (exact) mass is 445 g/mol. The van der Waals surface area contributed by atoms with E-state index in [0.717, 1.165) is 0 Å². The second-order valence-corrected chi connectivity index (χ2v) is 7.67. The van der Waals surface area contributed by atoms with Crippen LogP contribution in [0.25, 0.3) is 11.8 Å². The molecule has 0 bridgehead atoms. The number of ether oxygens (including phenoxy) is 3. The average Bonchev–Trinajstić information content (AvgIpc) is 3.31. The fourth-order valence-electron chi connectivity index (χ4n) is 2.65. The van der Waals surface area contributed by atoms with E-state index in [4.69, 9.17) is 9.47 Å². The fraction of sp³-hybridized carbons (Fsp3) is 0.158. The summed E-state index contributed by atoms with van der Waals surface area (Å²) in [5.41, 5.74) is 1.37. The maximum absolute atomic E-state index is 13.1. The molecular weight excluding hydrogens is 426 g/mol. The molecule has 162 valence electrons. The molecule has 11 nitrogen and oxygen atoms in total. The van der Waals surface area contributed by atoms with Crippen molar-refractivity contribution in [3.05, 3.63) is 54.4 Å². The third-order valence-corrected chi connectivity index (χ3v) is 5.49. The summed E-state index contributed by atoms with van der Waals surface area (Å²) in [6, 6.07) is 9.35. The molecule has 2 aromatic carbocycles. The van der Waals surface area contributed by atoms with Gasteiger partial charge in [-0.25, -0.2) is 17.9 Å². The van der Waals surface area contributed by atoms with Crippen molar-refractivity contribution < 1.29 is 27.4 Å². The van der Waals surface area contributed by atoms with Gasteiger partial charge < -0.3 is 14.2 Å². The van der Waals surface area contributed by atoms with Gasteiger partial charge in [-0.3, -0.25) is 4.72 Å². The summed E-state index contributed by atoms with van der Waals surface area (Å²) in [4.78, 5) is 11.2. The zero-order valence-electron chi connectivity index (χ0n) is 16.8. The summed E-state index contributed by atoms with van der Waals surface area (Å²) >= 11 is 0. The van der Waals surface area contributed by atoms with Crippen molar-refractivity contribution in [2.75, 3.05) is 26.1 Å². The van der Waals surface area contributed by atoms with Gasteiger partial charge in [0.05, 0.1) is 27.0 Å². The molecule has 12 heteroatoms. The SMILES string of the molecule is COC(=O)C=Cc1cc(OC)c(OC)c(S(=O)(=O)Nc2ccc(-n3cnnn3)cc2)c1.